The summed E-state index contributed by atoms with van der Waals surface area (Å²) in [6.07, 6.45) is -4.33. The number of benzene rings is 1. The van der Waals surface area contributed by atoms with Gasteiger partial charge in [0.1, 0.15) is 12.1 Å². The SMILES string of the molecule is CC[C@H](C)[C@H](CC(=O)[C@@H](O)[C@H](O)C(=O)O)C(=O)NCC(=O)N1c2ccccc2C[C@H]1C(=O)NCc1nn[nH]n1. The number of Topliss-reactive ketones (excluding diaryl/α,β-unsaturated/α-hetero) is 1. The zero-order valence-electron chi connectivity index (χ0n) is 21.4. The third-order valence-corrected chi connectivity index (χ3v) is 6.74. The van der Waals surface area contributed by atoms with Crippen molar-refractivity contribution in [2.24, 2.45) is 11.8 Å². The van der Waals surface area contributed by atoms with E-state index >= 15 is 0 Å². The smallest absolute Gasteiger partial charge is 0.335 e. The number of ketones is 1. The summed E-state index contributed by atoms with van der Waals surface area (Å²) >= 11 is 0. The second-order valence-corrected chi connectivity index (χ2v) is 9.27. The molecule has 3 amide bonds. The molecule has 1 aliphatic heterocycles. The van der Waals surface area contributed by atoms with Crippen LogP contribution in [0.1, 0.15) is 38.1 Å². The second-order valence-electron chi connectivity index (χ2n) is 9.27. The lowest BCUT2D eigenvalue weighted by Crippen LogP contribution is -2.51. The first kappa shape index (κ1) is 29.3. The molecule has 0 radical (unpaired) electrons. The average Bonchev–Trinajstić information content (AvgIpc) is 3.59. The summed E-state index contributed by atoms with van der Waals surface area (Å²) in [6.45, 7) is 2.99. The van der Waals surface area contributed by atoms with Crippen molar-refractivity contribution in [1.29, 1.82) is 0 Å². The van der Waals surface area contributed by atoms with Crippen molar-refractivity contribution >= 4 is 35.2 Å². The van der Waals surface area contributed by atoms with Crippen molar-refractivity contribution in [2.45, 2.75) is 57.9 Å². The average molecular weight is 546 g/mol. The van der Waals surface area contributed by atoms with Crippen LogP contribution < -0.4 is 15.5 Å². The van der Waals surface area contributed by atoms with Crippen LogP contribution in [-0.2, 0) is 36.9 Å². The lowest BCUT2D eigenvalue weighted by atomic mass is 9.85. The van der Waals surface area contributed by atoms with Gasteiger partial charge in [0.2, 0.25) is 17.7 Å². The molecule has 0 unspecified atom stereocenters. The predicted molar refractivity (Wildman–Crippen MR) is 133 cm³/mol. The zero-order chi connectivity index (χ0) is 28.7. The summed E-state index contributed by atoms with van der Waals surface area (Å²) < 4.78 is 0. The van der Waals surface area contributed by atoms with Crippen molar-refractivity contribution in [3.05, 3.63) is 35.7 Å². The number of aliphatic hydroxyl groups is 2. The number of carboxylic acids is 1. The Kier molecular flexibility index (Phi) is 9.78. The molecule has 0 fully saturated rings. The zero-order valence-corrected chi connectivity index (χ0v) is 21.4. The van der Waals surface area contributed by atoms with Gasteiger partial charge in [0.15, 0.2) is 17.7 Å². The number of hydrogen-bond acceptors (Lipinski definition) is 10. The molecular weight excluding hydrogens is 514 g/mol. The van der Waals surface area contributed by atoms with Gasteiger partial charge in [-0.2, -0.15) is 5.21 Å². The van der Waals surface area contributed by atoms with Gasteiger partial charge in [-0.1, -0.05) is 43.7 Å². The van der Waals surface area contributed by atoms with Crippen LogP contribution in [0.4, 0.5) is 5.69 Å². The van der Waals surface area contributed by atoms with Gasteiger partial charge in [-0.05, 0) is 17.5 Å². The lowest BCUT2D eigenvalue weighted by Gasteiger charge is -2.26. The number of aromatic nitrogens is 4. The van der Waals surface area contributed by atoms with Crippen LogP contribution in [0.5, 0.6) is 0 Å². The van der Waals surface area contributed by atoms with Crippen molar-refractivity contribution < 1.29 is 39.3 Å². The maximum atomic E-state index is 13.3. The van der Waals surface area contributed by atoms with Crippen molar-refractivity contribution in [3.63, 3.8) is 0 Å². The van der Waals surface area contributed by atoms with E-state index in [4.69, 9.17) is 5.11 Å². The maximum Gasteiger partial charge on any atom is 0.335 e. The van der Waals surface area contributed by atoms with Gasteiger partial charge < -0.3 is 26.0 Å². The van der Waals surface area contributed by atoms with Crippen molar-refractivity contribution in [3.8, 4) is 0 Å². The molecule has 15 nitrogen and oxygen atoms in total. The molecule has 6 N–H and O–H groups in total. The van der Waals surface area contributed by atoms with E-state index in [1.165, 1.54) is 4.90 Å². The molecular formula is C24H31N7O8. The van der Waals surface area contributed by atoms with Gasteiger partial charge in [-0.15, -0.1) is 10.2 Å². The Morgan fingerprint density at radius 1 is 1.13 bits per heavy atom. The normalized spacial score (nSPS) is 17.4. The molecule has 2 heterocycles. The van der Waals surface area contributed by atoms with Gasteiger partial charge in [0.25, 0.3) is 0 Å². The number of aromatic amines is 1. The highest BCUT2D eigenvalue weighted by atomic mass is 16.4. The Balaban J connectivity index is 1.69. The van der Waals surface area contributed by atoms with E-state index in [0.29, 0.717) is 12.1 Å². The number of amides is 3. The number of carbonyl (C=O) groups excluding carboxylic acids is 4. The maximum absolute atomic E-state index is 13.3. The lowest BCUT2D eigenvalue weighted by molar-refractivity contribution is -0.158. The number of carboxylic acid groups (broad SMARTS) is 1. The number of aliphatic carboxylic acids is 1. The topological polar surface area (TPSA) is 228 Å². The fraction of sp³-hybridized carbons (Fsp3) is 0.500. The molecule has 1 aliphatic rings. The molecule has 15 heteroatoms. The Labute approximate surface area is 223 Å². The molecule has 0 bridgehead atoms. The molecule has 3 rings (SSSR count). The van der Waals surface area contributed by atoms with Gasteiger partial charge in [0.05, 0.1) is 13.1 Å². The highest BCUT2D eigenvalue weighted by Crippen LogP contribution is 2.32. The Morgan fingerprint density at radius 3 is 2.49 bits per heavy atom. The number of carbonyl (C=O) groups is 5. The molecule has 1 aromatic heterocycles. The van der Waals surface area contributed by atoms with Gasteiger partial charge in [0, 0.05) is 24.4 Å². The fourth-order valence-electron chi connectivity index (χ4n) is 4.31. The van der Waals surface area contributed by atoms with Crippen LogP contribution in [0.3, 0.4) is 0 Å². The summed E-state index contributed by atoms with van der Waals surface area (Å²) in [6, 6.07) is 6.10. The van der Waals surface area contributed by atoms with Crippen molar-refractivity contribution in [2.75, 3.05) is 11.4 Å². The van der Waals surface area contributed by atoms with Crippen molar-refractivity contribution in [1.82, 2.24) is 31.3 Å². The molecule has 2 aromatic rings. The highest BCUT2D eigenvalue weighted by molar-refractivity contribution is 6.05. The van der Waals surface area contributed by atoms with Crippen LogP contribution >= 0.6 is 0 Å². The molecule has 0 aliphatic carbocycles. The monoisotopic (exact) mass is 545 g/mol. The number of aliphatic hydroxyl groups excluding tert-OH is 2. The first-order valence-corrected chi connectivity index (χ1v) is 12.3. The number of tetrazole rings is 1. The van der Waals surface area contributed by atoms with E-state index in [-0.39, 0.29) is 24.7 Å². The van der Waals surface area contributed by atoms with Crippen LogP contribution in [0, 0.1) is 11.8 Å². The molecule has 210 valence electrons. The summed E-state index contributed by atoms with van der Waals surface area (Å²) in [7, 11) is 0. The van der Waals surface area contributed by atoms with E-state index in [2.05, 4.69) is 31.3 Å². The van der Waals surface area contributed by atoms with Gasteiger partial charge in [-0.25, -0.2) is 4.79 Å². The number of para-hydroxylation sites is 1. The number of fused-ring (bicyclic) bond motifs is 1. The number of hydrogen-bond donors (Lipinski definition) is 6. The van der Waals surface area contributed by atoms with E-state index in [0.717, 1.165) is 5.56 Å². The standard InChI is InChI=1S/C24H31N7O8/c1-3-12(2)14(9-17(32)20(34)21(35)24(38)39)22(36)26-11-19(33)31-15-7-5-4-6-13(15)8-16(31)23(37)25-10-18-27-29-30-28-18/h4-7,12,14,16,20-21,34-35H,3,8-11H2,1-2H3,(H,25,37)(H,26,36)(H,38,39)(H,27,28,29,30)/t12-,14-,16-,20+,21-/m0/s1. The minimum absolute atomic E-state index is 0.00597. The second kappa shape index (κ2) is 13.0. The van der Waals surface area contributed by atoms with Crippen LogP contribution in [0.25, 0.3) is 0 Å². The van der Waals surface area contributed by atoms with E-state index in [9.17, 15) is 34.2 Å². The van der Waals surface area contributed by atoms with E-state index in [1.54, 1.807) is 38.1 Å². The number of anilines is 1. The molecule has 39 heavy (non-hydrogen) atoms. The van der Waals surface area contributed by atoms with E-state index in [1.807, 2.05) is 0 Å². The largest absolute Gasteiger partial charge is 0.479 e. The molecule has 0 spiro atoms. The predicted octanol–water partition coefficient (Wildman–Crippen LogP) is -1.68. The first-order valence-electron chi connectivity index (χ1n) is 12.3. The number of nitrogens with one attached hydrogen (secondary N) is 3. The fourth-order valence-corrected chi connectivity index (χ4v) is 4.31. The summed E-state index contributed by atoms with van der Waals surface area (Å²) in [5.41, 5.74) is 1.29. The molecule has 5 atom stereocenters. The molecule has 1 aromatic carbocycles. The number of H-pyrrole nitrogens is 1. The number of rotatable bonds is 13. The highest BCUT2D eigenvalue weighted by Gasteiger charge is 2.39. The van der Waals surface area contributed by atoms with Crippen LogP contribution in [0.2, 0.25) is 0 Å². The Morgan fingerprint density at radius 2 is 1.85 bits per heavy atom. The van der Waals surface area contributed by atoms with Crippen LogP contribution in [0.15, 0.2) is 24.3 Å². The summed E-state index contributed by atoms with van der Waals surface area (Å²) in [5, 5.41) is 46.6. The van der Waals surface area contributed by atoms with Crippen LogP contribution in [-0.4, -0.2) is 90.2 Å². The third kappa shape index (κ3) is 7.00. The third-order valence-electron chi connectivity index (χ3n) is 6.74. The number of nitrogens with zero attached hydrogens (tertiary/aromatic N) is 4. The minimum Gasteiger partial charge on any atom is -0.479 e. The minimum atomic E-state index is -2.32. The Bertz CT molecular complexity index is 1200. The Hall–Kier alpha value is -4.24. The quantitative estimate of drug-likeness (QED) is 0.166. The molecule has 0 saturated carbocycles. The summed E-state index contributed by atoms with van der Waals surface area (Å²) in [5.74, 6) is -5.56. The first-order chi connectivity index (χ1) is 18.5. The summed E-state index contributed by atoms with van der Waals surface area (Å²) in [4.78, 5) is 63.9. The van der Waals surface area contributed by atoms with Gasteiger partial charge >= 0.3 is 5.97 Å². The van der Waals surface area contributed by atoms with E-state index < -0.39 is 66.6 Å². The molecule has 0 saturated heterocycles. The van der Waals surface area contributed by atoms with Gasteiger partial charge in [-0.3, -0.25) is 24.1 Å².